The number of hydrogen-bond donors (Lipinski definition) is 1. The molecule has 164 valence electrons. The molecule has 0 bridgehead atoms. The van der Waals surface area contributed by atoms with Crippen molar-refractivity contribution in [3.05, 3.63) is 58.9 Å². The molecule has 1 aromatic carbocycles. The summed E-state index contributed by atoms with van der Waals surface area (Å²) in [6.07, 6.45) is 11.1. The molecule has 4 nitrogen and oxygen atoms in total. The highest BCUT2D eigenvalue weighted by Crippen LogP contribution is 2.41. The largest absolute Gasteiger partial charge is 0.371 e. The quantitative estimate of drug-likeness (QED) is 0.803. The molecule has 4 aliphatic rings. The zero-order chi connectivity index (χ0) is 20.8. The van der Waals surface area contributed by atoms with E-state index < -0.39 is 0 Å². The third-order valence-electron chi connectivity index (χ3n) is 8.55. The van der Waals surface area contributed by atoms with Crippen LogP contribution < -0.4 is 10.2 Å². The lowest BCUT2D eigenvalue weighted by Gasteiger charge is -2.37. The molecule has 31 heavy (non-hydrogen) atoms. The predicted octanol–water partition coefficient (Wildman–Crippen LogP) is 4.34. The van der Waals surface area contributed by atoms with Crippen LogP contribution in [0.25, 0.3) is 0 Å². The molecule has 2 aliphatic carbocycles. The second-order valence-corrected chi connectivity index (χ2v) is 10.4. The minimum absolute atomic E-state index is 0.460. The van der Waals surface area contributed by atoms with Crippen LogP contribution >= 0.6 is 0 Å². The monoisotopic (exact) mass is 416 g/mol. The maximum absolute atomic E-state index is 4.78. The standard InChI is InChI=1S/C27H36N4/c1-30(26-12-3-6-19-10-5-13-28-27(19)26)18-23-14-24-20(15-29-23)7-4-11-25(24)31-16-21-8-2-9-22(21)17-31/h4-5,7,10-11,13,21-23,26,29H,2-3,6,8-9,12,14-18H2,1H3/t21-,22-,23+,26-/m0/s1. The van der Waals surface area contributed by atoms with Gasteiger partial charge < -0.3 is 10.2 Å². The highest BCUT2D eigenvalue weighted by molar-refractivity contribution is 5.59. The van der Waals surface area contributed by atoms with Gasteiger partial charge in [0.25, 0.3) is 0 Å². The van der Waals surface area contributed by atoms with Crippen molar-refractivity contribution in [3.63, 3.8) is 0 Å². The molecule has 1 aromatic heterocycles. The molecule has 2 aromatic rings. The molecular weight excluding hydrogens is 380 g/mol. The van der Waals surface area contributed by atoms with Crippen molar-refractivity contribution in [1.82, 2.24) is 15.2 Å². The van der Waals surface area contributed by atoms with Gasteiger partial charge in [0.1, 0.15) is 0 Å². The minimum atomic E-state index is 0.460. The van der Waals surface area contributed by atoms with E-state index in [0.29, 0.717) is 12.1 Å². The number of benzene rings is 1. The minimum Gasteiger partial charge on any atom is -0.371 e. The van der Waals surface area contributed by atoms with Crippen LogP contribution in [0, 0.1) is 11.8 Å². The Morgan fingerprint density at radius 1 is 1.03 bits per heavy atom. The van der Waals surface area contributed by atoms with Crippen molar-refractivity contribution in [2.24, 2.45) is 11.8 Å². The van der Waals surface area contributed by atoms with Crippen LogP contribution in [-0.2, 0) is 19.4 Å². The highest BCUT2D eigenvalue weighted by atomic mass is 15.2. The molecule has 4 heteroatoms. The van der Waals surface area contributed by atoms with E-state index in [1.165, 1.54) is 74.1 Å². The van der Waals surface area contributed by atoms with Crippen molar-refractivity contribution < 1.29 is 0 Å². The van der Waals surface area contributed by atoms with E-state index in [4.69, 9.17) is 4.98 Å². The molecule has 1 N–H and O–H groups in total. The van der Waals surface area contributed by atoms with Gasteiger partial charge >= 0.3 is 0 Å². The molecule has 6 rings (SSSR count). The number of hydrogen-bond acceptors (Lipinski definition) is 4. The molecule has 2 fully saturated rings. The summed E-state index contributed by atoms with van der Waals surface area (Å²) in [6.45, 7) is 4.65. The second-order valence-electron chi connectivity index (χ2n) is 10.4. The van der Waals surface area contributed by atoms with Gasteiger partial charge in [-0.3, -0.25) is 9.88 Å². The van der Waals surface area contributed by atoms with Crippen LogP contribution in [-0.4, -0.2) is 42.6 Å². The number of aromatic nitrogens is 1. The topological polar surface area (TPSA) is 31.4 Å². The molecule has 0 radical (unpaired) electrons. The number of rotatable bonds is 4. The first kappa shape index (κ1) is 19.8. The Hall–Kier alpha value is -1.91. The summed E-state index contributed by atoms with van der Waals surface area (Å²) in [5.41, 5.74) is 7.43. The zero-order valence-corrected chi connectivity index (χ0v) is 18.9. The van der Waals surface area contributed by atoms with Gasteiger partial charge in [0, 0.05) is 44.1 Å². The van der Waals surface area contributed by atoms with E-state index >= 15 is 0 Å². The first-order valence-corrected chi connectivity index (χ1v) is 12.5. The average Bonchev–Trinajstić information content (AvgIpc) is 3.41. The van der Waals surface area contributed by atoms with E-state index in [9.17, 15) is 0 Å². The normalized spacial score (nSPS) is 29.7. The van der Waals surface area contributed by atoms with E-state index in [1.807, 2.05) is 6.20 Å². The number of nitrogens with zero attached hydrogens (tertiary/aromatic N) is 3. The number of fused-ring (bicyclic) bond motifs is 3. The van der Waals surface area contributed by atoms with E-state index in [0.717, 1.165) is 31.3 Å². The fourth-order valence-corrected chi connectivity index (χ4v) is 6.94. The van der Waals surface area contributed by atoms with Crippen molar-refractivity contribution in [2.45, 2.75) is 63.6 Å². The maximum atomic E-state index is 4.78. The molecular formula is C27H36N4. The summed E-state index contributed by atoms with van der Waals surface area (Å²) in [7, 11) is 2.30. The van der Waals surface area contributed by atoms with Crippen LogP contribution in [0.4, 0.5) is 5.69 Å². The molecule has 0 unspecified atom stereocenters. The Bertz CT molecular complexity index is 929. The molecule has 4 atom stereocenters. The molecule has 2 aliphatic heterocycles. The van der Waals surface area contributed by atoms with Gasteiger partial charge in [0.05, 0.1) is 11.7 Å². The number of aryl methyl sites for hydroxylation is 1. The summed E-state index contributed by atoms with van der Waals surface area (Å²) in [4.78, 5) is 10.1. The van der Waals surface area contributed by atoms with Gasteiger partial charge in [-0.05, 0) is 86.2 Å². The van der Waals surface area contributed by atoms with E-state index in [2.05, 4.69) is 52.5 Å². The first-order valence-electron chi connectivity index (χ1n) is 12.5. The highest BCUT2D eigenvalue weighted by Gasteiger charge is 2.37. The summed E-state index contributed by atoms with van der Waals surface area (Å²) in [6, 6.07) is 12.3. The predicted molar refractivity (Wildman–Crippen MR) is 126 cm³/mol. The third kappa shape index (κ3) is 3.68. The number of anilines is 1. The number of likely N-dealkylation sites (N-methyl/N-ethyl adjacent to an activating group) is 1. The van der Waals surface area contributed by atoms with Gasteiger partial charge in [-0.1, -0.05) is 24.6 Å². The Labute approximate surface area is 187 Å². The van der Waals surface area contributed by atoms with Crippen molar-refractivity contribution >= 4 is 5.69 Å². The maximum Gasteiger partial charge on any atom is 0.0607 e. The van der Waals surface area contributed by atoms with Gasteiger partial charge in [-0.25, -0.2) is 0 Å². The van der Waals surface area contributed by atoms with Crippen LogP contribution in [0.15, 0.2) is 36.5 Å². The number of nitrogens with one attached hydrogen (secondary N) is 1. The summed E-state index contributed by atoms with van der Waals surface area (Å²) in [5.74, 6) is 1.89. The van der Waals surface area contributed by atoms with Crippen LogP contribution in [0.1, 0.15) is 60.5 Å². The molecule has 3 heterocycles. The summed E-state index contributed by atoms with van der Waals surface area (Å²) < 4.78 is 0. The average molecular weight is 417 g/mol. The SMILES string of the molecule is CN(C[C@H]1Cc2c(cccc2N2C[C@@H]3CCC[C@H]3C2)CN1)[C@H]1CCCc2cccnc21. The lowest BCUT2D eigenvalue weighted by molar-refractivity contribution is 0.191. The van der Waals surface area contributed by atoms with Crippen LogP contribution in [0.2, 0.25) is 0 Å². The van der Waals surface area contributed by atoms with Gasteiger partial charge in [0.2, 0.25) is 0 Å². The van der Waals surface area contributed by atoms with Gasteiger partial charge in [-0.15, -0.1) is 0 Å². The van der Waals surface area contributed by atoms with Gasteiger partial charge in [0.15, 0.2) is 0 Å². The lowest BCUT2D eigenvalue weighted by atomic mass is 9.89. The Kier molecular flexibility index (Phi) is 5.23. The van der Waals surface area contributed by atoms with Crippen molar-refractivity contribution in [1.29, 1.82) is 0 Å². The van der Waals surface area contributed by atoms with E-state index in [1.54, 1.807) is 5.56 Å². The second kappa shape index (κ2) is 8.22. The Morgan fingerprint density at radius 3 is 2.74 bits per heavy atom. The fraction of sp³-hybridized carbons (Fsp3) is 0.593. The number of pyridine rings is 1. The Morgan fingerprint density at radius 2 is 1.87 bits per heavy atom. The fourth-order valence-electron chi connectivity index (χ4n) is 6.94. The first-order chi connectivity index (χ1) is 15.3. The molecule has 0 spiro atoms. The third-order valence-corrected chi connectivity index (χ3v) is 8.55. The van der Waals surface area contributed by atoms with Gasteiger partial charge in [-0.2, -0.15) is 0 Å². The summed E-state index contributed by atoms with van der Waals surface area (Å²) >= 11 is 0. The molecule has 0 amide bonds. The van der Waals surface area contributed by atoms with Crippen molar-refractivity contribution in [3.8, 4) is 0 Å². The molecule has 1 saturated carbocycles. The molecule has 1 saturated heterocycles. The Balaban J connectivity index is 1.18. The van der Waals surface area contributed by atoms with Crippen LogP contribution in [0.5, 0.6) is 0 Å². The lowest BCUT2D eigenvalue weighted by Crippen LogP contribution is -2.45. The van der Waals surface area contributed by atoms with Crippen LogP contribution in [0.3, 0.4) is 0 Å². The van der Waals surface area contributed by atoms with Crippen molar-refractivity contribution in [2.75, 3.05) is 31.6 Å². The summed E-state index contributed by atoms with van der Waals surface area (Å²) in [5, 5.41) is 3.85. The smallest absolute Gasteiger partial charge is 0.0607 e. The van der Waals surface area contributed by atoms with E-state index in [-0.39, 0.29) is 0 Å². The zero-order valence-electron chi connectivity index (χ0n) is 18.9.